The Bertz CT molecular complexity index is 604. The van der Waals surface area contributed by atoms with Crippen LogP contribution in [-0.2, 0) is 19.7 Å². The number of esters is 1. The molecule has 20 heavy (non-hydrogen) atoms. The summed E-state index contributed by atoms with van der Waals surface area (Å²) in [6.07, 6.45) is 0. The average molecular weight is 339 g/mol. The van der Waals surface area contributed by atoms with Crippen LogP contribution in [0, 0.1) is 5.92 Å². The first-order valence-electron chi connectivity index (χ1n) is 6.36. The summed E-state index contributed by atoms with van der Waals surface area (Å²) in [5, 5.41) is 0. The molecule has 0 spiro atoms. The van der Waals surface area contributed by atoms with Crippen LogP contribution in [0.5, 0.6) is 0 Å². The maximum absolute atomic E-state index is 12.5. The third kappa shape index (κ3) is 2.20. The molecular formula is C15H15BrO4. The van der Waals surface area contributed by atoms with Crippen LogP contribution in [0.15, 0.2) is 22.7 Å². The lowest BCUT2D eigenvalue weighted by molar-refractivity contribution is -0.150. The van der Waals surface area contributed by atoms with E-state index in [0.29, 0.717) is 11.1 Å². The van der Waals surface area contributed by atoms with Crippen LogP contribution < -0.4 is 0 Å². The Morgan fingerprint density at radius 3 is 2.60 bits per heavy atom. The molecule has 1 atom stereocenters. The van der Waals surface area contributed by atoms with E-state index in [0.717, 1.165) is 4.47 Å². The van der Waals surface area contributed by atoms with Gasteiger partial charge in [0.25, 0.3) is 0 Å². The van der Waals surface area contributed by atoms with Crippen LogP contribution in [0.2, 0.25) is 0 Å². The van der Waals surface area contributed by atoms with E-state index in [-0.39, 0.29) is 6.61 Å². The third-order valence-corrected chi connectivity index (χ3v) is 4.08. The van der Waals surface area contributed by atoms with Gasteiger partial charge >= 0.3 is 5.97 Å². The molecule has 0 fully saturated rings. The van der Waals surface area contributed by atoms with Gasteiger partial charge in [-0.3, -0.25) is 14.4 Å². The van der Waals surface area contributed by atoms with E-state index in [1.54, 1.807) is 39.0 Å². The summed E-state index contributed by atoms with van der Waals surface area (Å²) < 4.78 is 5.66. The topological polar surface area (TPSA) is 60.4 Å². The van der Waals surface area contributed by atoms with Gasteiger partial charge in [-0.1, -0.05) is 15.9 Å². The lowest BCUT2D eigenvalue weighted by Gasteiger charge is -2.34. The van der Waals surface area contributed by atoms with Crippen molar-refractivity contribution in [2.24, 2.45) is 5.92 Å². The van der Waals surface area contributed by atoms with Gasteiger partial charge in [-0.25, -0.2) is 0 Å². The zero-order chi connectivity index (χ0) is 15.1. The maximum atomic E-state index is 12.5. The number of rotatable bonds is 2. The third-order valence-electron chi connectivity index (χ3n) is 3.58. The number of hydrogen-bond donors (Lipinski definition) is 0. The fraction of sp³-hybridized carbons (Fsp3) is 0.400. The van der Waals surface area contributed by atoms with Gasteiger partial charge in [0.2, 0.25) is 0 Å². The standard InChI is InChI=1S/C15H15BrO4/c1-4-20-14(19)11-12(17)9-6-5-8(16)7-10(9)15(2,3)13(11)18/h5-7,11H,4H2,1-3H3. The Morgan fingerprint density at radius 2 is 2.00 bits per heavy atom. The smallest absolute Gasteiger partial charge is 0.324 e. The van der Waals surface area contributed by atoms with E-state index in [9.17, 15) is 14.4 Å². The van der Waals surface area contributed by atoms with Gasteiger partial charge in [-0.05, 0) is 44.5 Å². The molecule has 1 aliphatic rings. The van der Waals surface area contributed by atoms with Crippen molar-refractivity contribution in [3.63, 3.8) is 0 Å². The molecule has 2 rings (SSSR count). The number of ketones is 2. The normalized spacial score (nSPS) is 20.5. The summed E-state index contributed by atoms with van der Waals surface area (Å²) in [6.45, 7) is 5.23. The van der Waals surface area contributed by atoms with Crippen LogP contribution in [-0.4, -0.2) is 24.1 Å². The van der Waals surface area contributed by atoms with Crippen molar-refractivity contribution >= 4 is 33.5 Å². The summed E-state index contributed by atoms with van der Waals surface area (Å²) >= 11 is 3.34. The number of benzene rings is 1. The SMILES string of the molecule is CCOC(=O)C1C(=O)c2ccc(Br)cc2C(C)(C)C1=O. The van der Waals surface area contributed by atoms with E-state index in [1.165, 1.54) is 0 Å². The monoisotopic (exact) mass is 338 g/mol. The second-order valence-corrected chi connectivity index (χ2v) is 6.14. The summed E-state index contributed by atoms with van der Waals surface area (Å²) in [7, 11) is 0. The number of ether oxygens (including phenoxy) is 1. The van der Waals surface area contributed by atoms with E-state index >= 15 is 0 Å². The fourth-order valence-corrected chi connectivity index (χ4v) is 2.82. The number of halogens is 1. The molecule has 0 bridgehead atoms. The second kappa shape index (κ2) is 5.13. The Hall–Kier alpha value is -1.49. The molecule has 1 aromatic rings. The predicted octanol–water partition coefficient (Wildman–Crippen LogP) is 2.67. The second-order valence-electron chi connectivity index (χ2n) is 5.23. The minimum absolute atomic E-state index is 0.142. The van der Waals surface area contributed by atoms with Gasteiger partial charge in [0.15, 0.2) is 17.5 Å². The maximum Gasteiger partial charge on any atom is 0.324 e. The molecule has 5 heteroatoms. The number of fused-ring (bicyclic) bond motifs is 1. The molecule has 0 aromatic heterocycles. The number of carbonyl (C=O) groups excluding carboxylic acids is 3. The van der Waals surface area contributed by atoms with E-state index < -0.39 is 28.9 Å². The Balaban J connectivity index is 2.59. The van der Waals surface area contributed by atoms with Gasteiger partial charge in [0, 0.05) is 10.0 Å². The van der Waals surface area contributed by atoms with Crippen LogP contribution in [0.3, 0.4) is 0 Å². The minimum Gasteiger partial charge on any atom is -0.465 e. The van der Waals surface area contributed by atoms with Crippen molar-refractivity contribution in [2.45, 2.75) is 26.2 Å². The molecular weight excluding hydrogens is 324 g/mol. The summed E-state index contributed by atoms with van der Waals surface area (Å²) in [5.74, 6) is -3.00. The average Bonchev–Trinajstić information content (AvgIpc) is 2.37. The molecule has 0 saturated carbocycles. The van der Waals surface area contributed by atoms with Crippen molar-refractivity contribution in [1.82, 2.24) is 0 Å². The first-order chi connectivity index (χ1) is 9.30. The van der Waals surface area contributed by atoms with Crippen molar-refractivity contribution in [2.75, 3.05) is 6.61 Å². The first-order valence-corrected chi connectivity index (χ1v) is 7.15. The highest BCUT2D eigenvalue weighted by Gasteiger charge is 2.50. The Morgan fingerprint density at radius 1 is 1.35 bits per heavy atom. The molecule has 106 valence electrons. The molecule has 0 aliphatic heterocycles. The molecule has 1 unspecified atom stereocenters. The summed E-state index contributed by atoms with van der Waals surface area (Å²) in [4.78, 5) is 36.8. The predicted molar refractivity (Wildman–Crippen MR) is 76.6 cm³/mol. The molecule has 0 saturated heterocycles. The van der Waals surface area contributed by atoms with Crippen molar-refractivity contribution in [3.8, 4) is 0 Å². The number of hydrogen-bond acceptors (Lipinski definition) is 4. The van der Waals surface area contributed by atoms with Gasteiger partial charge in [0.1, 0.15) is 0 Å². The van der Waals surface area contributed by atoms with Gasteiger partial charge in [-0.2, -0.15) is 0 Å². The molecule has 0 amide bonds. The van der Waals surface area contributed by atoms with Crippen LogP contribution in [0.25, 0.3) is 0 Å². The van der Waals surface area contributed by atoms with E-state index in [4.69, 9.17) is 4.74 Å². The molecule has 0 radical (unpaired) electrons. The molecule has 0 N–H and O–H groups in total. The van der Waals surface area contributed by atoms with Crippen LogP contribution >= 0.6 is 15.9 Å². The van der Waals surface area contributed by atoms with Gasteiger partial charge in [0.05, 0.1) is 12.0 Å². The van der Waals surface area contributed by atoms with Crippen LogP contribution in [0.4, 0.5) is 0 Å². The molecule has 0 heterocycles. The Labute approximate surface area is 125 Å². The minimum atomic E-state index is -1.35. The van der Waals surface area contributed by atoms with Crippen LogP contribution in [0.1, 0.15) is 36.7 Å². The van der Waals surface area contributed by atoms with Crippen molar-refractivity contribution in [3.05, 3.63) is 33.8 Å². The number of Topliss-reactive ketones (excluding diaryl/α,β-unsaturated/α-hetero) is 2. The zero-order valence-corrected chi connectivity index (χ0v) is 13.1. The quantitative estimate of drug-likeness (QED) is 0.614. The zero-order valence-electron chi connectivity index (χ0n) is 11.5. The van der Waals surface area contributed by atoms with Gasteiger partial charge < -0.3 is 4.74 Å². The van der Waals surface area contributed by atoms with E-state index in [1.807, 2.05) is 0 Å². The summed E-state index contributed by atoms with van der Waals surface area (Å²) in [5.41, 5.74) is 0.156. The Kier molecular flexibility index (Phi) is 3.82. The lowest BCUT2D eigenvalue weighted by Crippen LogP contribution is -2.48. The number of carbonyl (C=O) groups is 3. The van der Waals surface area contributed by atoms with Crippen molar-refractivity contribution < 1.29 is 19.1 Å². The molecule has 4 nitrogen and oxygen atoms in total. The summed E-state index contributed by atoms with van der Waals surface area (Å²) in [6, 6.07) is 5.12. The van der Waals surface area contributed by atoms with E-state index in [2.05, 4.69) is 15.9 Å². The largest absolute Gasteiger partial charge is 0.465 e. The van der Waals surface area contributed by atoms with Crippen molar-refractivity contribution in [1.29, 1.82) is 0 Å². The molecule has 1 aromatic carbocycles. The highest BCUT2D eigenvalue weighted by atomic mass is 79.9. The highest BCUT2D eigenvalue weighted by Crippen LogP contribution is 2.38. The fourth-order valence-electron chi connectivity index (χ4n) is 2.46. The van der Waals surface area contributed by atoms with Gasteiger partial charge in [-0.15, -0.1) is 0 Å². The molecule has 1 aliphatic carbocycles. The highest BCUT2D eigenvalue weighted by molar-refractivity contribution is 9.10. The lowest BCUT2D eigenvalue weighted by atomic mass is 9.67. The first kappa shape index (κ1) is 14.9.